The lowest BCUT2D eigenvalue weighted by Crippen LogP contribution is -2.34. The maximum absolute atomic E-state index is 4.44. The van der Waals surface area contributed by atoms with E-state index in [0.717, 1.165) is 36.6 Å². The summed E-state index contributed by atoms with van der Waals surface area (Å²) in [7, 11) is 0. The molecule has 0 aromatic heterocycles. The molecule has 0 atom stereocenters. The molecule has 0 saturated heterocycles. The number of guanidine groups is 1. The van der Waals surface area contributed by atoms with Crippen LogP contribution in [0, 0.1) is 0 Å². The minimum absolute atomic E-state index is 0.909. The van der Waals surface area contributed by atoms with Crippen molar-refractivity contribution in [2.75, 3.05) is 13.1 Å². The van der Waals surface area contributed by atoms with Crippen molar-refractivity contribution in [3.63, 3.8) is 0 Å². The molecule has 3 rings (SSSR count). The second-order valence-corrected chi connectivity index (χ2v) is 4.82. The largest absolute Gasteiger partial charge is 0.354 e. The molecular weight excluding hydrogens is 254 g/mol. The molecular formula is C11H12BrN3. The first kappa shape index (κ1) is 9.21. The predicted octanol–water partition coefficient (Wildman–Crippen LogP) is 1.72. The van der Waals surface area contributed by atoms with Gasteiger partial charge in [-0.25, -0.2) is 0 Å². The SMILES string of the molecule is Brc1ccc2c(c1)CN(C1=NCCN1)C2. The monoisotopic (exact) mass is 265 g/mol. The van der Waals surface area contributed by atoms with E-state index < -0.39 is 0 Å². The van der Waals surface area contributed by atoms with Gasteiger partial charge in [0, 0.05) is 24.1 Å². The molecule has 2 aliphatic rings. The normalized spacial score (nSPS) is 18.7. The van der Waals surface area contributed by atoms with E-state index in [-0.39, 0.29) is 0 Å². The molecule has 3 nitrogen and oxygen atoms in total. The molecule has 0 unspecified atom stereocenters. The van der Waals surface area contributed by atoms with Crippen molar-refractivity contribution in [3.8, 4) is 0 Å². The zero-order chi connectivity index (χ0) is 10.3. The first-order chi connectivity index (χ1) is 7.33. The van der Waals surface area contributed by atoms with Crippen LogP contribution in [0.15, 0.2) is 27.7 Å². The highest BCUT2D eigenvalue weighted by Crippen LogP contribution is 2.26. The Labute approximate surface area is 97.3 Å². The number of hydrogen-bond donors (Lipinski definition) is 1. The lowest BCUT2D eigenvalue weighted by Gasteiger charge is -2.16. The van der Waals surface area contributed by atoms with Crippen LogP contribution in [0.1, 0.15) is 11.1 Å². The summed E-state index contributed by atoms with van der Waals surface area (Å²) < 4.78 is 1.16. The third kappa shape index (κ3) is 1.63. The van der Waals surface area contributed by atoms with Crippen LogP contribution in [0.25, 0.3) is 0 Å². The van der Waals surface area contributed by atoms with Crippen molar-refractivity contribution < 1.29 is 0 Å². The molecule has 1 aromatic carbocycles. The highest BCUT2D eigenvalue weighted by Gasteiger charge is 2.23. The van der Waals surface area contributed by atoms with Crippen LogP contribution in [-0.2, 0) is 13.1 Å². The number of hydrogen-bond acceptors (Lipinski definition) is 3. The van der Waals surface area contributed by atoms with E-state index in [0.29, 0.717) is 0 Å². The van der Waals surface area contributed by atoms with E-state index in [1.54, 1.807) is 0 Å². The quantitative estimate of drug-likeness (QED) is 0.774. The molecule has 0 aliphatic carbocycles. The summed E-state index contributed by atoms with van der Waals surface area (Å²) in [5.41, 5.74) is 2.82. The number of benzene rings is 1. The van der Waals surface area contributed by atoms with Gasteiger partial charge >= 0.3 is 0 Å². The highest BCUT2D eigenvalue weighted by atomic mass is 79.9. The van der Waals surface area contributed by atoms with E-state index in [9.17, 15) is 0 Å². The van der Waals surface area contributed by atoms with Crippen molar-refractivity contribution in [2.24, 2.45) is 4.99 Å². The van der Waals surface area contributed by atoms with Gasteiger partial charge in [0.15, 0.2) is 5.96 Å². The minimum atomic E-state index is 0.909. The van der Waals surface area contributed by atoms with Crippen LogP contribution in [-0.4, -0.2) is 23.9 Å². The molecule has 0 radical (unpaired) electrons. The third-order valence-corrected chi connectivity index (χ3v) is 3.34. The van der Waals surface area contributed by atoms with Gasteiger partial charge in [-0.15, -0.1) is 0 Å². The van der Waals surface area contributed by atoms with Crippen LogP contribution in [0.2, 0.25) is 0 Å². The van der Waals surface area contributed by atoms with Crippen LogP contribution in [0.5, 0.6) is 0 Å². The summed E-state index contributed by atoms with van der Waals surface area (Å²) in [4.78, 5) is 6.74. The van der Waals surface area contributed by atoms with Gasteiger partial charge < -0.3 is 10.2 Å². The average molecular weight is 266 g/mol. The Bertz CT molecular complexity index is 428. The van der Waals surface area contributed by atoms with Gasteiger partial charge in [-0.2, -0.15) is 0 Å². The molecule has 1 aromatic rings. The fourth-order valence-corrected chi connectivity index (χ4v) is 2.52. The molecule has 1 N–H and O–H groups in total. The fraction of sp³-hybridized carbons (Fsp3) is 0.364. The molecule has 0 saturated carbocycles. The van der Waals surface area contributed by atoms with Crippen molar-refractivity contribution in [2.45, 2.75) is 13.1 Å². The van der Waals surface area contributed by atoms with E-state index >= 15 is 0 Å². The van der Waals surface area contributed by atoms with Crippen molar-refractivity contribution in [3.05, 3.63) is 33.8 Å². The van der Waals surface area contributed by atoms with E-state index in [4.69, 9.17) is 0 Å². The Morgan fingerprint density at radius 3 is 2.93 bits per heavy atom. The lowest BCUT2D eigenvalue weighted by molar-refractivity contribution is 0.435. The molecule has 0 spiro atoms. The van der Waals surface area contributed by atoms with Crippen LogP contribution in [0.4, 0.5) is 0 Å². The van der Waals surface area contributed by atoms with Gasteiger partial charge in [0.2, 0.25) is 0 Å². The summed E-state index contributed by atoms with van der Waals surface area (Å²) in [5.74, 6) is 1.06. The number of nitrogens with zero attached hydrogens (tertiary/aromatic N) is 2. The number of rotatable bonds is 0. The average Bonchev–Trinajstić information content (AvgIpc) is 2.84. The van der Waals surface area contributed by atoms with Gasteiger partial charge in [0.25, 0.3) is 0 Å². The predicted molar refractivity (Wildman–Crippen MR) is 63.7 cm³/mol. The Kier molecular flexibility index (Phi) is 2.16. The van der Waals surface area contributed by atoms with Crippen LogP contribution >= 0.6 is 15.9 Å². The molecule has 2 heterocycles. The zero-order valence-corrected chi connectivity index (χ0v) is 9.92. The zero-order valence-electron chi connectivity index (χ0n) is 8.33. The maximum atomic E-state index is 4.44. The van der Waals surface area contributed by atoms with Crippen molar-refractivity contribution >= 4 is 21.9 Å². The molecule has 0 fully saturated rings. The molecule has 78 valence electrons. The van der Waals surface area contributed by atoms with Crippen LogP contribution < -0.4 is 5.32 Å². The summed E-state index contributed by atoms with van der Waals surface area (Å²) >= 11 is 3.50. The summed E-state index contributed by atoms with van der Waals surface area (Å²) in [6, 6.07) is 6.49. The Morgan fingerprint density at radius 1 is 1.27 bits per heavy atom. The first-order valence-corrected chi connectivity index (χ1v) is 5.93. The van der Waals surface area contributed by atoms with Crippen molar-refractivity contribution in [1.82, 2.24) is 10.2 Å². The van der Waals surface area contributed by atoms with E-state index in [1.807, 2.05) is 0 Å². The van der Waals surface area contributed by atoms with Gasteiger partial charge in [0.1, 0.15) is 0 Å². The third-order valence-electron chi connectivity index (χ3n) is 2.85. The number of halogens is 1. The van der Waals surface area contributed by atoms with E-state index in [2.05, 4.69) is 49.3 Å². The fourth-order valence-electron chi connectivity index (χ4n) is 2.11. The topological polar surface area (TPSA) is 27.6 Å². The van der Waals surface area contributed by atoms with Gasteiger partial charge in [0.05, 0.1) is 6.54 Å². The second-order valence-electron chi connectivity index (χ2n) is 3.90. The minimum Gasteiger partial charge on any atom is -0.354 e. The summed E-state index contributed by atoms with van der Waals surface area (Å²) in [6.45, 7) is 3.84. The van der Waals surface area contributed by atoms with Gasteiger partial charge in [-0.05, 0) is 23.3 Å². The lowest BCUT2D eigenvalue weighted by atomic mass is 10.1. The molecule has 4 heteroatoms. The number of nitrogens with one attached hydrogen (secondary N) is 1. The van der Waals surface area contributed by atoms with Crippen LogP contribution in [0.3, 0.4) is 0 Å². The maximum Gasteiger partial charge on any atom is 0.194 e. The summed E-state index contributed by atoms with van der Waals surface area (Å²) in [5, 5.41) is 3.31. The molecule has 0 bridgehead atoms. The first-order valence-electron chi connectivity index (χ1n) is 5.13. The molecule has 15 heavy (non-hydrogen) atoms. The standard InChI is InChI=1S/C11H12BrN3/c12-10-2-1-8-6-15(7-9(8)5-10)11-13-3-4-14-11/h1-2,5H,3-4,6-7H2,(H,13,14). The van der Waals surface area contributed by atoms with Gasteiger partial charge in [-0.3, -0.25) is 4.99 Å². The number of aliphatic imine (C=N–C) groups is 1. The Hall–Kier alpha value is -1.03. The second kappa shape index (κ2) is 3.52. The molecule has 0 amide bonds. The Balaban J connectivity index is 1.85. The van der Waals surface area contributed by atoms with Crippen molar-refractivity contribution in [1.29, 1.82) is 0 Å². The Morgan fingerprint density at radius 2 is 2.13 bits per heavy atom. The summed E-state index contributed by atoms with van der Waals surface area (Å²) in [6.07, 6.45) is 0. The van der Waals surface area contributed by atoms with E-state index in [1.165, 1.54) is 11.1 Å². The molecule has 2 aliphatic heterocycles. The highest BCUT2D eigenvalue weighted by molar-refractivity contribution is 9.10. The van der Waals surface area contributed by atoms with Gasteiger partial charge in [-0.1, -0.05) is 22.0 Å². The smallest absolute Gasteiger partial charge is 0.194 e. The number of fused-ring (bicyclic) bond motifs is 1.